The molecule has 0 radical (unpaired) electrons. The zero-order valence-corrected chi connectivity index (χ0v) is 16.1. The molecule has 0 spiro atoms. The Bertz CT molecular complexity index is 999. The number of ether oxygens (including phenoxy) is 1. The minimum absolute atomic E-state index is 0.166. The third kappa shape index (κ3) is 6.36. The first-order valence-corrected chi connectivity index (χ1v) is 9.22. The van der Waals surface area contributed by atoms with Gasteiger partial charge in [0.1, 0.15) is 18.1 Å². The fourth-order valence-corrected chi connectivity index (χ4v) is 2.67. The van der Waals surface area contributed by atoms with Crippen molar-refractivity contribution in [1.29, 1.82) is 0 Å². The van der Waals surface area contributed by atoms with Gasteiger partial charge in [-0.05, 0) is 29.3 Å². The van der Waals surface area contributed by atoms with Crippen LogP contribution in [0.15, 0.2) is 90.6 Å². The van der Waals surface area contributed by atoms with Crippen LogP contribution in [0.5, 0.6) is 5.75 Å². The molecule has 2 N–H and O–H groups in total. The molecule has 3 aromatic carbocycles. The summed E-state index contributed by atoms with van der Waals surface area (Å²) in [5, 5.41) is 5.39. The van der Waals surface area contributed by atoms with Crippen LogP contribution in [0, 0.1) is 0 Å². The summed E-state index contributed by atoms with van der Waals surface area (Å²) in [6, 6.07) is 26.3. The van der Waals surface area contributed by atoms with Gasteiger partial charge in [0.2, 0.25) is 5.91 Å². The fraction of sp³-hybridized carbons (Fsp3) is 0.0833. The lowest BCUT2D eigenvalue weighted by Crippen LogP contribution is -2.28. The van der Waals surface area contributed by atoms with Crippen LogP contribution in [0.2, 0.25) is 0 Å². The van der Waals surface area contributed by atoms with E-state index in [-0.39, 0.29) is 11.6 Å². The Balaban J connectivity index is 1.70. The van der Waals surface area contributed by atoms with Crippen molar-refractivity contribution in [2.75, 3.05) is 5.32 Å². The van der Waals surface area contributed by atoms with E-state index in [1.165, 1.54) is 6.92 Å². The third-order valence-electron chi connectivity index (χ3n) is 4.01. The SMILES string of the molecule is CC(=O)N/C(=C\c1ccccc1)C(=O)Nc1cccc(OCc2ccccc2)c1. The first kappa shape index (κ1) is 19.9. The predicted octanol–water partition coefficient (Wildman–Crippen LogP) is 4.38. The van der Waals surface area contributed by atoms with Crippen LogP contribution < -0.4 is 15.4 Å². The van der Waals surface area contributed by atoms with Gasteiger partial charge in [-0.15, -0.1) is 0 Å². The number of hydrogen-bond acceptors (Lipinski definition) is 3. The van der Waals surface area contributed by atoms with Gasteiger partial charge >= 0.3 is 0 Å². The van der Waals surface area contributed by atoms with E-state index in [9.17, 15) is 9.59 Å². The van der Waals surface area contributed by atoms with Gasteiger partial charge in [-0.2, -0.15) is 0 Å². The molecule has 0 heterocycles. The topological polar surface area (TPSA) is 67.4 Å². The number of hydrogen-bond donors (Lipinski definition) is 2. The minimum Gasteiger partial charge on any atom is -0.489 e. The number of rotatable bonds is 7. The Morgan fingerprint density at radius 1 is 0.897 bits per heavy atom. The van der Waals surface area contributed by atoms with Crippen molar-refractivity contribution in [2.45, 2.75) is 13.5 Å². The molecule has 5 nitrogen and oxygen atoms in total. The molecule has 0 aliphatic heterocycles. The van der Waals surface area contributed by atoms with Gasteiger partial charge in [-0.25, -0.2) is 0 Å². The van der Waals surface area contributed by atoms with E-state index >= 15 is 0 Å². The molecule has 0 aliphatic carbocycles. The van der Waals surface area contributed by atoms with Crippen molar-refractivity contribution in [3.63, 3.8) is 0 Å². The maximum absolute atomic E-state index is 12.7. The number of nitrogens with one attached hydrogen (secondary N) is 2. The molecule has 146 valence electrons. The highest BCUT2D eigenvalue weighted by molar-refractivity contribution is 6.08. The number of benzene rings is 3. The molecule has 0 aliphatic rings. The van der Waals surface area contributed by atoms with Crippen LogP contribution >= 0.6 is 0 Å². The summed E-state index contributed by atoms with van der Waals surface area (Å²) in [4.78, 5) is 24.2. The maximum Gasteiger partial charge on any atom is 0.272 e. The van der Waals surface area contributed by atoms with Crippen LogP contribution in [0.4, 0.5) is 5.69 Å². The second-order valence-corrected chi connectivity index (χ2v) is 6.41. The van der Waals surface area contributed by atoms with Gasteiger partial charge < -0.3 is 15.4 Å². The van der Waals surface area contributed by atoms with Crippen molar-refractivity contribution in [3.05, 3.63) is 102 Å². The molecule has 3 aromatic rings. The van der Waals surface area contributed by atoms with E-state index in [4.69, 9.17) is 4.74 Å². The number of carbonyl (C=O) groups is 2. The maximum atomic E-state index is 12.7. The molecule has 0 saturated carbocycles. The summed E-state index contributed by atoms with van der Waals surface area (Å²) in [7, 11) is 0. The van der Waals surface area contributed by atoms with E-state index in [2.05, 4.69) is 10.6 Å². The zero-order valence-electron chi connectivity index (χ0n) is 16.1. The van der Waals surface area contributed by atoms with Gasteiger partial charge in [0, 0.05) is 18.7 Å². The Hall–Kier alpha value is -3.86. The molecule has 0 aromatic heterocycles. The summed E-state index contributed by atoms with van der Waals surface area (Å²) in [5.41, 5.74) is 2.61. The average Bonchev–Trinajstić information content (AvgIpc) is 2.73. The van der Waals surface area contributed by atoms with Gasteiger partial charge in [-0.3, -0.25) is 9.59 Å². The first-order chi connectivity index (χ1) is 14.1. The lowest BCUT2D eigenvalue weighted by atomic mass is 10.2. The van der Waals surface area contributed by atoms with Crippen molar-refractivity contribution in [1.82, 2.24) is 5.32 Å². The summed E-state index contributed by atoms with van der Waals surface area (Å²) < 4.78 is 5.80. The Morgan fingerprint density at radius 3 is 2.28 bits per heavy atom. The summed E-state index contributed by atoms with van der Waals surface area (Å²) in [6.07, 6.45) is 1.63. The quantitative estimate of drug-likeness (QED) is 0.592. The number of anilines is 1. The molecule has 5 heteroatoms. The molecular weight excluding hydrogens is 364 g/mol. The van der Waals surface area contributed by atoms with Crippen molar-refractivity contribution in [2.24, 2.45) is 0 Å². The molecule has 0 unspecified atom stereocenters. The van der Waals surface area contributed by atoms with E-state index in [0.717, 1.165) is 11.1 Å². The highest BCUT2D eigenvalue weighted by Gasteiger charge is 2.12. The standard InChI is InChI=1S/C24H22N2O3/c1-18(27)25-23(15-19-9-4-2-5-10-19)24(28)26-21-13-8-14-22(16-21)29-17-20-11-6-3-7-12-20/h2-16H,17H2,1H3,(H,25,27)(H,26,28)/b23-15-. The lowest BCUT2D eigenvalue weighted by Gasteiger charge is -2.12. The Morgan fingerprint density at radius 2 is 1.59 bits per heavy atom. The third-order valence-corrected chi connectivity index (χ3v) is 4.01. The predicted molar refractivity (Wildman–Crippen MR) is 114 cm³/mol. The highest BCUT2D eigenvalue weighted by atomic mass is 16.5. The zero-order chi connectivity index (χ0) is 20.5. The van der Waals surface area contributed by atoms with Crippen LogP contribution in [0.3, 0.4) is 0 Å². The van der Waals surface area contributed by atoms with E-state index < -0.39 is 5.91 Å². The van der Waals surface area contributed by atoms with Crippen molar-refractivity contribution >= 4 is 23.6 Å². The second-order valence-electron chi connectivity index (χ2n) is 6.41. The van der Waals surface area contributed by atoms with Gasteiger partial charge in [0.15, 0.2) is 0 Å². The lowest BCUT2D eigenvalue weighted by molar-refractivity contribution is -0.120. The molecule has 0 fully saturated rings. The monoisotopic (exact) mass is 386 g/mol. The van der Waals surface area contributed by atoms with Crippen molar-refractivity contribution in [3.8, 4) is 5.75 Å². The van der Waals surface area contributed by atoms with Crippen LogP contribution in [0.25, 0.3) is 6.08 Å². The Kier molecular flexibility index (Phi) is 6.79. The van der Waals surface area contributed by atoms with E-state index in [1.54, 1.807) is 24.3 Å². The fourth-order valence-electron chi connectivity index (χ4n) is 2.67. The largest absolute Gasteiger partial charge is 0.489 e. The highest BCUT2D eigenvalue weighted by Crippen LogP contribution is 2.19. The number of carbonyl (C=O) groups excluding carboxylic acids is 2. The molecule has 29 heavy (non-hydrogen) atoms. The molecule has 0 atom stereocenters. The smallest absolute Gasteiger partial charge is 0.272 e. The van der Waals surface area contributed by atoms with E-state index in [0.29, 0.717) is 18.0 Å². The van der Waals surface area contributed by atoms with Crippen molar-refractivity contribution < 1.29 is 14.3 Å². The average molecular weight is 386 g/mol. The summed E-state index contributed by atoms with van der Waals surface area (Å²) in [5.74, 6) is -0.0914. The Labute approximate surface area is 170 Å². The minimum atomic E-state index is -0.413. The normalized spacial score (nSPS) is 10.9. The molecule has 0 saturated heterocycles. The van der Waals surface area contributed by atoms with Gasteiger partial charge in [0.25, 0.3) is 5.91 Å². The number of amides is 2. The molecular formula is C24H22N2O3. The van der Waals surface area contributed by atoms with Gasteiger partial charge in [-0.1, -0.05) is 66.7 Å². The first-order valence-electron chi connectivity index (χ1n) is 9.22. The van der Waals surface area contributed by atoms with E-state index in [1.807, 2.05) is 66.7 Å². The van der Waals surface area contributed by atoms with Crippen LogP contribution in [-0.2, 0) is 16.2 Å². The van der Waals surface area contributed by atoms with Gasteiger partial charge in [0.05, 0.1) is 0 Å². The molecule has 3 rings (SSSR count). The second kappa shape index (κ2) is 9.90. The molecule has 2 amide bonds. The summed E-state index contributed by atoms with van der Waals surface area (Å²) in [6.45, 7) is 1.80. The van der Waals surface area contributed by atoms with Crippen LogP contribution in [0.1, 0.15) is 18.1 Å². The molecule has 0 bridgehead atoms. The van der Waals surface area contributed by atoms with Crippen LogP contribution in [-0.4, -0.2) is 11.8 Å². The summed E-state index contributed by atoms with van der Waals surface area (Å²) >= 11 is 0.